The van der Waals surface area contributed by atoms with Crippen molar-refractivity contribution in [2.75, 3.05) is 25.2 Å². The van der Waals surface area contributed by atoms with Crippen LogP contribution in [0.3, 0.4) is 0 Å². The fourth-order valence-corrected chi connectivity index (χ4v) is 4.03. The largest absolute Gasteiger partial charge is 0.335 e. The monoisotopic (exact) mass is 341 g/mol. The molecule has 0 saturated heterocycles. The van der Waals surface area contributed by atoms with E-state index in [1.165, 1.54) is 20.7 Å². The second-order valence-corrected chi connectivity index (χ2v) is 7.21. The van der Waals surface area contributed by atoms with Gasteiger partial charge in [0.15, 0.2) is 5.82 Å². The Morgan fingerprint density at radius 3 is 2.50 bits per heavy atom. The average molecular weight is 341 g/mol. The lowest BCUT2D eigenvalue weighted by molar-refractivity contribution is 0.445. The summed E-state index contributed by atoms with van der Waals surface area (Å²) in [4.78, 5) is 0.224. The van der Waals surface area contributed by atoms with Crippen LogP contribution in [0.15, 0.2) is 34.3 Å². The minimum absolute atomic E-state index is 0.224. The Bertz CT molecular complexity index is 754. The molecule has 0 saturated carbocycles. The first-order valence-corrected chi connectivity index (χ1v) is 9.47. The van der Waals surface area contributed by atoms with Gasteiger partial charge < -0.3 is 5.84 Å². The number of sulfonamides is 1. The fourth-order valence-electron chi connectivity index (χ4n) is 2.12. The summed E-state index contributed by atoms with van der Waals surface area (Å²) in [5.74, 6) is 6.36. The van der Waals surface area contributed by atoms with Crippen LogP contribution in [0.1, 0.15) is 13.8 Å². The van der Waals surface area contributed by atoms with Crippen LogP contribution in [0.2, 0.25) is 0 Å². The van der Waals surface area contributed by atoms with Crippen LogP contribution >= 0.6 is 11.8 Å². The maximum atomic E-state index is 12.6. The quantitative estimate of drug-likeness (QED) is 0.631. The first kappa shape index (κ1) is 16.8. The minimum atomic E-state index is -3.51. The lowest BCUT2D eigenvalue weighted by Crippen LogP contribution is -2.30. The third-order valence-electron chi connectivity index (χ3n) is 3.28. The molecule has 22 heavy (non-hydrogen) atoms. The molecule has 0 bridgehead atoms. The molecule has 1 heterocycles. The summed E-state index contributed by atoms with van der Waals surface area (Å²) in [5, 5.41) is 8.55. The van der Waals surface area contributed by atoms with Crippen LogP contribution < -0.4 is 5.84 Å². The molecule has 7 nitrogen and oxygen atoms in total. The van der Waals surface area contributed by atoms with Gasteiger partial charge in [0.1, 0.15) is 0 Å². The van der Waals surface area contributed by atoms with E-state index in [-0.39, 0.29) is 4.90 Å². The molecule has 1 aromatic carbocycles. The maximum absolute atomic E-state index is 12.6. The zero-order valence-corrected chi connectivity index (χ0v) is 14.4. The molecule has 0 atom stereocenters. The van der Waals surface area contributed by atoms with Crippen molar-refractivity contribution in [2.45, 2.75) is 23.9 Å². The molecule has 0 aliphatic heterocycles. The number of aromatic nitrogens is 3. The van der Waals surface area contributed by atoms with Gasteiger partial charge in [0, 0.05) is 18.7 Å². The number of benzene rings is 1. The van der Waals surface area contributed by atoms with Gasteiger partial charge in [-0.2, -0.15) is 4.31 Å². The number of thioether (sulfide) groups is 1. The molecule has 0 amide bonds. The van der Waals surface area contributed by atoms with E-state index in [1.54, 1.807) is 24.3 Å². The van der Waals surface area contributed by atoms with Crippen molar-refractivity contribution < 1.29 is 8.42 Å². The van der Waals surface area contributed by atoms with Crippen molar-refractivity contribution in [2.24, 2.45) is 0 Å². The molecule has 2 N–H and O–H groups in total. The van der Waals surface area contributed by atoms with E-state index in [1.807, 2.05) is 20.1 Å². The Hall–Kier alpha value is -1.58. The van der Waals surface area contributed by atoms with Crippen molar-refractivity contribution >= 4 is 21.8 Å². The zero-order valence-electron chi connectivity index (χ0n) is 12.7. The molecule has 0 fully saturated rings. The molecule has 2 aromatic rings. The van der Waals surface area contributed by atoms with E-state index in [0.717, 1.165) is 0 Å². The molecule has 0 aliphatic rings. The number of nitrogens with zero attached hydrogens (tertiary/aromatic N) is 4. The van der Waals surface area contributed by atoms with Gasteiger partial charge in [-0.3, -0.25) is 0 Å². The second-order valence-electron chi connectivity index (χ2n) is 4.50. The van der Waals surface area contributed by atoms with Crippen molar-refractivity contribution in [3.8, 4) is 11.4 Å². The number of hydrogen-bond donors (Lipinski definition) is 1. The number of nitrogens with two attached hydrogens (primary N) is 1. The van der Waals surface area contributed by atoms with E-state index < -0.39 is 10.0 Å². The summed E-state index contributed by atoms with van der Waals surface area (Å²) in [7, 11) is -3.51. The van der Waals surface area contributed by atoms with Gasteiger partial charge in [-0.15, -0.1) is 10.2 Å². The molecule has 0 radical (unpaired) electrons. The van der Waals surface area contributed by atoms with Crippen LogP contribution in [-0.2, 0) is 10.0 Å². The smallest absolute Gasteiger partial charge is 0.243 e. The minimum Gasteiger partial charge on any atom is -0.335 e. The lowest BCUT2D eigenvalue weighted by Gasteiger charge is -2.18. The van der Waals surface area contributed by atoms with Gasteiger partial charge in [-0.25, -0.2) is 13.1 Å². The van der Waals surface area contributed by atoms with E-state index in [4.69, 9.17) is 5.84 Å². The molecule has 0 spiro atoms. The third-order valence-corrected chi connectivity index (χ3v) is 5.97. The molecule has 2 rings (SSSR count). The topological polar surface area (TPSA) is 94.1 Å². The summed E-state index contributed by atoms with van der Waals surface area (Å²) < 4.78 is 27.9. The summed E-state index contributed by atoms with van der Waals surface area (Å²) in [6, 6.07) is 6.59. The Morgan fingerprint density at radius 1 is 1.27 bits per heavy atom. The highest BCUT2D eigenvalue weighted by Gasteiger charge is 2.22. The van der Waals surface area contributed by atoms with Gasteiger partial charge in [0.05, 0.1) is 4.90 Å². The first-order valence-electron chi connectivity index (χ1n) is 6.80. The van der Waals surface area contributed by atoms with Gasteiger partial charge in [-0.1, -0.05) is 37.7 Å². The normalized spacial score (nSPS) is 12.0. The summed E-state index contributed by atoms with van der Waals surface area (Å²) in [6.07, 6.45) is 1.85. The molecule has 1 aromatic heterocycles. The van der Waals surface area contributed by atoms with Gasteiger partial charge >= 0.3 is 0 Å². The number of rotatable bonds is 6. The van der Waals surface area contributed by atoms with Crippen molar-refractivity contribution in [1.29, 1.82) is 0 Å². The maximum Gasteiger partial charge on any atom is 0.243 e. The number of nitrogen functional groups attached to an aromatic ring is 1. The Labute approximate surface area is 134 Å². The Kier molecular flexibility index (Phi) is 5.09. The van der Waals surface area contributed by atoms with Gasteiger partial charge in [0.25, 0.3) is 0 Å². The summed E-state index contributed by atoms with van der Waals surface area (Å²) in [6.45, 7) is 4.47. The van der Waals surface area contributed by atoms with Crippen molar-refractivity contribution in [3.63, 3.8) is 0 Å². The van der Waals surface area contributed by atoms with Crippen molar-refractivity contribution in [1.82, 2.24) is 19.2 Å². The van der Waals surface area contributed by atoms with Gasteiger partial charge in [-0.05, 0) is 18.4 Å². The van der Waals surface area contributed by atoms with Crippen molar-refractivity contribution in [3.05, 3.63) is 24.3 Å². The molecule has 9 heteroatoms. The first-order chi connectivity index (χ1) is 10.5. The average Bonchev–Trinajstić information content (AvgIpc) is 2.89. The molecular weight excluding hydrogens is 322 g/mol. The molecule has 0 unspecified atom stereocenters. The Morgan fingerprint density at radius 2 is 1.95 bits per heavy atom. The lowest BCUT2D eigenvalue weighted by atomic mass is 10.2. The highest BCUT2D eigenvalue weighted by molar-refractivity contribution is 7.98. The predicted molar refractivity (Wildman–Crippen MR) is 87.5 cm³/mol. The van der Waals surface area contributed by atoms with E-state index >= 15 is 0 Å². The standard InChI is InChI=1S/C13H19N5O2S2/c1-4-17(5-2)22(19,20)11-8-6-7-10(9-11)12-15-16-13(21-3)18(12)14/h6-9H,4-5,14H2,1-3H3. The van der Waals surface area contributed by atoms with Crippen LogP contribution in [0.4, 0.5) is 0 Å². The molecule has 0 aliphatic carbocycles. The second kappa shape index (κ2) is 6.67. The predicted octanol–water partition coefficient (Wildman–Crippen LogP) is 1.41. The highest BCUT2D eigenvalue weighted by atomic mass is 32.2. The molecular formula is C13H19N5O2S2. The Balaban J connectivity index is 2.49. The number of hydrogen-bond acceptors (Lipinski definition) is 6. The summed E-state index contributed by atoms with van der Waals surface area (Å²) >= 11 is 1.37. The van der Waals surface area contributed by atoms with E-state index in [2.05, 4.69) is 10.2 Å². The SMILES string of the molecule is CCN(CC)S(=O)(=O)c1cccc(-c2nnc(SC)n2N)c1. The van der Waals surface area contributed by atoms with E-state index in [0.29, 0.717) is 29.6 Å². The summed E-state index contributed by atoms with van der Waals surface area (Å²) in [5.41, 5.74) is 0.614. The van der Waals surface area contributed by atoms with Crippen LogP contribution in [-0.4, -0.2) is 46.9 Å². The fraction of sp³-hybridized carbons (Fsp3) is 0.385. The third kappa shape index (κ3) is 2.96. The van der Waals surface area contributed by atoms with E-state index in [9.17, 15) is 8.42 Å². The zero-order chi connectivity index (χ0) is 16.3. The highest BCUT2D eigenvalue weighted by Crippen LogP contribution is 2.24. The van der Waals surface area contributed by atoms with Gasteiger partial charge in [0.2, 0.25) is 15.2 Å². The van der Waals surface area contributed by atoms with Crippen LogP contribution in [0, 0.1) is 0 Å². The van der Waals surface area contributed by atoms with Crippen LogP contribution in [0.5, 0.6) is 0 Å². The molecule has 120 valence electrons. The van der Waals surface area contributed by atoms with Crippen LogP contribution in [0.25, 0.3) is 11.4 Å².